The molecule has 2 aliphatic rings. The van der Waals surface area contributed by atoms with Crippen LogP contribution < -0.4 is 5.32 Å². The Hall–Kier alpha value is -2.91. The molecule has 0 atom stereocenters. The van der Waals surface area contributed by atoms with Gasteiger partial charge in [-0.05, 0) is 48.2 Å². The van der Waals surface area contributed by atoms with Crippen LogP contribution in [0, 0.1) is 0 Å². The molecule has 1 saturated heterocycles. The highest BCUT2D eigenvalue weighted by Gasteiger charge is 2.24. The van der Waals surface area contributed by atoms with Crippen LogP contribution in [0.5, 0.6) is 0 Å². The summed E-state index contributed by atoms with van der Waals surface area (Å²) in [6, 6.07) is 6.27. The number of tetrazole rings is 1. The van der Waals surface area contributed by atoms with Crippen molar-refractivity contribution in [1.29, 1.82) is 0 Å². The maximum absolute atomic E-state index is 9.64. The minimum absolute atomic E-state index is 0.117. The molecular formula is C21H26N8O. The summed E-state index contributed by atoms with van der Waals surface area (Å²) in [5.41, 5.74) is 5.50. The van der Waals surface area contributed by atoms with Gasteiger partial charge >= 0.3 is 0 Å². The number of aliphatic hydroxyl groups is 1. The molecule has 0 saturated carbocycles. The van der Waals surface area contributed by atoms with Gasteiger partial charge in [0.25, 0.3) is 0 Å². The predicted octanol–water partition coefficient (Wildman–Crippen LogP) is 1.50. The summed E-state index contributed by atoms with van der Waals surface area (Å²) >= 11 is 0. The molecule has 1 aliphatic heterocycles. The molecule has 0 unspecified atom stereocenters. The Kier molecular flexibility index (Phi) is 5.14. The number of aryl methyl sites for hydroxylation is 1. The summed E-state index contributed by atoms with van der Waals surface area (Å²) in [6.07, 6.45) is 5.12. The zero-order valence-electron chi connectivity index (χ0n) is 17.1. The quantitative estimate of drug-likeness (QED) is 0.464. The number of anilines is 1. The lowest BCUT2D eigenvalue weighted by Crippen LogP contribution is -2.36. The first-order valence-corrected chi connectivity index (χ1v) is 10.5. The average molecular weight is 406 g/mol. The third-order valence-corrected chi connectivity index (χ3v) is 5.93. The monoisotopic (exact) mass is 406 g/mol. The van der Waals surface area contributed by atoms with E-state index in [1.54, 1.807) is 13.4 Å². The number of nitrogens with one attached hydrogen (secondary N) is 1. The lowest BCUT2D eigenvalue weighted by atomic mass is 10.0. The molecule has 0 bridgehead atoms. The lowest BCUT2D eigenvalue weighted by molar-refractivity contribution is 0.0825. The highest BCUT2D eigenvalue weighted by Crippen LogP contribution is 2.40. The molecule has 1 aliphatic carbocycles. The number of aliphatic hydroxyl groups excluding tert-OH is 1. The second-order valence-electron chi connectivity index (χ2n) is 8.05. The van der Waals surface area contributed by atoms with Gasteiger partial charge in [0.2, 0.25) is 5.82 Å². The highest BCUT2D eigenvalue weighted by atomic mass is 16.3. The molecule has 2 aromatic heterocycles. The van der Waals surface area contributed by atoms with Gasteiger partial charge in [0.1, 0.15) is 12.1 Å². The number of benzene rings is 1. The van der Waals surface area contributed by atoms with E-state index in [1.165, 1.54) is 15.9 Å². The summed E-state index contributed by atoms with van der Waals surface area (Å²) in [7, 11) is 1.77. The van der Waals surface area contributed by atoms with Gasteiger partial charge in [-0.2, -0.15) is 4.80 Å². The molecule has 2 N–H and O–H groups in total. The molecule has 0 radical (unpaired) electrons. The van der Waals surface area contributed by atoms with E-state index in [1.807, 2.05) is 6.07 Å². The van der Waals surface area contributed by atoms with E-state index < -0.39 is 0 Å². The van der Waals surface area contributed by atoms with E-state index >= 15 is 0 Å². The maximum Gasteiger partial charge on any atom is 0.204 e. The first-order chi connectivity index (χ1) is 14.7. The van der Waals surface area contributed by atoms with Crippen LogP contribution in [-0.2, 0) is 13.5 Å². The summed E-state index contributed by atoms with van der Waals surface area (Å²) in [5, 5.41) is 25.5. The number of fused-ring (bicyclic) bond motifs is 3. The van der Waals surface area contributed by atoms with Gasteiger partial charge in [-0.1, -0.05) is 12.1 Å². The normalized spacial score (nSPS) is 16.5. The molecule has 3 heterocycles. The molecule has 0 amide bonds. The predicted molar refractivity (Wildman–Crippen MR) is 113 cm³/mol. The standard InChI is InChI=1S/C21H26N8O/c1-28-26-20(25-27-28)14-3-4-17-15(11-14)12-18-19(17)21(24-13-23-18)22-7-2-8-29-9-5-16(30)6-10-29/h3-4,11,13,16,30H,2,5-10,12H2,1H3,(H,22,23,24). The zero-order chi connectivity index (χ0) is 20.5. The van der Waals surface area contributed by atoms with Crippen molar-refractivity contribution in [3.8, 4) is 22.5 Å². The van der Waals surface area contributed by atoms with Crippen LogP contribution in [0.3, 0.4) is 0 Å². The fraction of sp³-hybridized carbons (Fsp3) is 0.476. The molecule has 5 rings (SSSR count). The van der Waals surface area contributed by atoms with Crippen molar-refractivity contribution in [2.75, 3.05) is 31.5 Å². The minimum atomic E-state index is -0.117. The summed E-state index contributed by atoms with van der Waals surface area (Å²) in [5.74, 6) is 1.53. The van der Waals surface area contributed by atoms with Crippen LogP contribution in [0.4, 0.5) is 5.82 Å². The van der Waals surface area contributed by atoms with E-state index in [4.69, 9.17) is 0 Å². The van der Waals surface area contributed by atoms with Gasteiger partial charge in [-0.3, -0.25) is 0 Å². The number of hydrogen-bond acceptors (Lipinski definition) is 8. The first kappa shape index (κ1) is 19.1. The summed E-state index contributed by atoms with van der Waals surface area (Å²) in [6.45, 7) is 3.87. The van der Waals surface area contributed by atoms with Crippen LogP contribution in [0.1, 0.15) is 30.5 Å². The van der Waals surface area contributed by atoms with Crippen molar-refractivity contribution in [2.24, 2.45) is 7.05 Å². The molecule has 156 valence electrons. The number of likely N-dealkylation sites (tertiary alicyclic amines) is 1. The smallest absolute Gasteiger partial charge is 0.204 e. The summed E-state index contributed by atoms with van der Waals surface area (Å²) in [4.78, 5) is 12.9. The van der Waals surface area contributed by atoms with Crippen LogP contribution in [0.25, 0.3) is 22.5 Å². The largest absolute Gasteiger partial charge is 0.393 e. The third-order valence-electron chi connectivity index (χ3n) is 5.93. The topological polar surface area (TPSA) is 105 Å². The Labute approximate surface area is 175 Å². The molecule has 1 aromatic carbocycles. The minimum Gasteiger partial charge on any atom is -0.393 e. The van der Waals surface area contributed by atoms with E-state index in [9.17, 15) is 5.11 Å². The third kappa shape index (κ3) is 3.78. The van der Waals surface area contributed by atoms with E-state index in [0.29, 0.717) is 5.82 Å². The molecule has 0 spiro atoms. The summed E-state index contributed by atoms with van der Waals surface area (Å²) < 4.78 is 0. The van der Waals surface area contributed by atoms with Gasteiger partial charge in [0.05, 0.1) is 18.8 Å². The van der Waals surface area contributed by atoms with Crippen molar-refractivity contribution >= 4 is 5.82 Å². The lowest BCUT2D eigenvalue weighted by Gasteiger charge is -2.29. The van der Waals surface area contributed by atoms with E-state index in [2.05, 4.69) is 47.7 Å². The zero-order valence-corrected chi connectivity index (χ0v) is 17.1. The Morgan fingerprint density at radius 1 is 1.20 bits per heavy atom. The number of rotatable bonds is 6. The second-order valence-corrected chi connectivity index (χ2v) is 8.05. The van der Waals surface area contributed by atoms with Crippen LogP contribution in [-0.4, -0.2) is 72.5 Å². The van der Waals surface area contributed by atoms with Crippen molar-refractivity contribution < 1.29 is 5.11 Å². The molecule has 30 heavy (non-hydrogen) atoms. The number of aromatic nitrogens is 6. The maximum atomic E-state index is 9.64. The van der Waals surface area contributed by atoms with Gasteiger partial charge in [-0.15, -0.1) is 10.2 Å². The Morgan fingerprint density at radius 3 is 2.87 bits per heavy atom. The Balaban J connectivity index is 1.27. The van der Waals surface area contributed by atoms with Crippen LogP contribution >= 0.6 is 0 Å². The molecule has 9 heteroatoms. The van der Waals surface area contributed by atoms with Gasteiger partial charge in [0.15, 0.2) is 0 Å². The number of nitrogens with zero attached hydrogens (tertiary/aromatic N) is 7. The van der Waals surface area contributed by atoms with Crippen molar-refractivity contribution in [1.82, 2.24) is 35.1 Å². The molecule has 1 fully saturated rings. The van der Waals surface area contributed by atoms with Crippen molar-refractivity contribution in [3.63, 3.8) is 0 Å². The Morgan fingerprint density at radius 2 is 2.07 bits per heavy atom. The fourth-order valence-corrected chi connectivity index (χ4v) is 4.33. The highest BCUT2D eigenvalue weighted by molar-refractivity contribution is 5.85. The average Bonchev–Trinajstić information content (AvgIpc) is 3.35. The Bertz CT molecular complexity index is 1040. The number of piperidine rings is 1. The molecule has 9 nitrogen and oxygen atoms in total. The molecular weight excluding hydrogens is 380 g/mol. The molecule has 3 aromatic rings. The van der Waals surface area contributed by atoms with Gasteiger partial charge in [0, 0.05) is 37.2 Å². The van der Waals surface area contributed by atoms with Gasteiger partial charge < -0.3 is 15.3 Å². The van der Waals surface area contributed by atoms with Crippen molar-refractivity contribution in [3.05, 3.63) is 35.8 Å². The second kappa shape index (κ2) is 8.08. The first-order valence-electron chi connectivity index (χ1n) is 10.5. The van der Waals surface area contributed by atoms with Gasteiger partial charge in [-0.25, -0.2) is 9.97 Å². The van der Waals surface area contributed by atoms with Crippen molar-refractivity contribution in [2.45, 2.75) is 31.8 Å². The number of hydrogen-bond donors (Lipinski definition) is 2. The van der Waals surface area contributed by atoms with E-state index in [0.717, 1.165) is 74.5 Å². The van der Waals surface area contributed by atoms with E-state index in [-0.39, 0.29) is 6.10 Å². The van der Waals surface area contributed by atoms with Crippen LogP contribution in [0.2, 0.25) is 0 Å². The SMILES string of the molecule is Cn1nnc(-c2ccc3c(c2)Cc2ncnc(NCCCN4CCC(O)CC4)c2-3)n1. The fourth-order valence-electron chi connectivity index (χ4n) is 4.33. The van der Waals surface area contributed by atoms with Crippen LogP contribution in [0.15, 0.2) is 24.5 Å².